The number of hydrogen-bond donors (Lipinski definition) is 8. The highest BCUT2D eigenvalue weighted by atomic mass is 16.5. The van der Waals surface area contributed by atoms with Crippen molar-refractivity contribution in [3.8, 4) is 0 Å². The first kappa shape index (κ1) is 45.6. The predicted octanol–water partition coefficient (Wildman–Crippen LogP) is -2.82. The fourth-order valence-electron chi connectivity index (χ4n) is 4.18. The van der Waals surface area contributed by atoms with Crippen LogP contribution in [-0.2, 0) is 47.7 Å². The number of rotatable bonds is 33. The average Bonchev–Trinajstić information content (AvgIpc) is 3.07. The molecule has 0 fully saturated rings. The first-order valence-corrected chi connectivity index (χ1v) is 16.9. The molecule has 0 radical (unpaired) electrons. The molecular formula is C31H60N8O10. The average molecular weight is 705 g/mol. The van der Waals surface area contributed by atoms with E-state index in [-0.39, 0.29) is 88.6 Å². The molecule has 0 aliphatic rings. The molecule has 0 rings (SSSR count). The molecule has 0 bridgehead atoms. The molecule has 284 valence electrons. The van der Waals surface area contributed by atoms with Gasteiger partial charge in [0.15, 0.2) is 0 Å². The molecule has 0 heterocycles. The molecule has 10 N–H and O–H groups in total. The third-order valence-corrected chi connectivity index (χ3v) is 6.94. The lowest BCUT2D eigenvalue weighted by Crippen LogP contribution is -2.47. The molecule has 0 aromatic heterocycles. The van der Waals surface area contributed by atoms with Gasteiger partial charge < -0.3 is 62.3 Å². The first-order chi connectivity index (χ1) is 23.6. The number of ether oxygens (including phenoxy) is 4. The highest BCUT2D eigenvalue weighted by Crippen LogP contribution is 2.04. The Balaban J connectivity index is 3.94. The molecule has 0 saturated heterocycles. The van der Waals surface area contributed by atoms with E-state index in [2.05, 4.69) is 31.9 Å². The summed E-state index contributed by atoms with van der Waals surface area (Å²) in [7, 11) is 3.19. The predicted molar refractivity (Wildman–Crippen MR) is 181 cm³/mol. The van der Waals surface area contributed by atoms with E-state index < -0.39 is 18.0 Å². The van der Waals surface area contributed by atoms with E-state index in [1.54, 1.807) is 7.05 Å². The van der Waals surface area contributed by atoms with Crippen LogP contribution in [0.3, 0.4) is 0 Å². The van der Waals surface area contributed by atoms with Gasteiger partial charge in [0, 0.05) is 39.5 Å². The molecule has 6 amide bonds. The summed E-state index contributed by atoms with van der Waals surface area (Å²) in [5.41, 5.74) is 10.9. The van der Waals surface area contributed by atoms with E-state index in [0.717, 1.165) is 6.42 Å². The molecule has 0 spiro atoms. The van der Waals surface area contributed by atoms with Gasteiger partial charge in [-0.1, -0.05) is 0 Å². The first-order valence-electron chi connectivity index (χ1n) is 16.9. The van der Waals surface area contributed by atoms with Crippen LogP contribution in [0.2, 0.25) is 0 Å². The molecule has 0 aliphatic carbocycles. The van der Waals surface area contributed by atoms with Crippen LogP contribution in [-0.4, -0.2) is 141 Å². The highest BCUT2D eigenvalue weighted by molar-refractivity contribution is 5.87. The van der Waals surface area contributed by atoms with Crippen molar-refractivity contribution < 1.29 is 47.7 Å². The molecule has 2 atom stereocenters. The second-order valence-corrected chi connectivity index (χ2v) is 11.0. The molecule has 49 heavy (non-hydrogen) atoms. The normalized spacial score (nSPS) is 12.1. The summed E-state index contributed by atoms with van der Waals surface area (Å²) in [6, 6.07) is -1.11. The van der Waals surface area contributed by atoms with Crippen molar-refractivity contribution >= 4 is 35.4 Å². The fraction of sp³-hybridized carbons (Fsp3) is 0.806. The molecule has 0 aromatic carbocycles. The monoisotopic (exact) mass is 704 g/mol. The summed E-state index contributed by atoms with van der Waals surface area (Å²) in [4.78, 5) is 71.4. The number of nitrogens with two attached hydrogens (primary N) is 2. The van der Waals surface area contributed by atoms with Crippen LogP contribution in [0.1, 0.15) is 57.8 Å². The maximum absolute atomic E-state index is 12.7. The van der Waals surface area contributed by atoms with Crippen LogP contribution in [0, 0.1) is 0 Å². The Hall–Kier alpha value is -3.42. The lowest BCUT2D eigenvalue weighted by molar-refractivity contribution is -0.129. The fourth-order valence-corrected chi connectivity index (χ4v) is 4.18. The molecule has 18 nitrogen and oxygen atoms in total. The molecule has 18 heteroatoms. The Labute approximate surface area is 289 Å². The Morgan fingerprint density at radius 3 is 1.71 bits per heavy atom. The topological polar surface area (TPSA) is 264 Å². The number of likely N-dealkylation sites (N-methyl/N-ethyl adjacent to an activating group) is 2. The van der Waals surface area contributed by atoms with Gasteiger partial charge in [-0.25, -0.2) is 0 Å². The maximum atomic E-state index is 12.7. The molecule has 0 aromatic rings. The summed E-state index contributed by atoms with van der Waals surface area (Å²) in [6.07, 6.45) is 4.34. The molecule has 0 saturated carbocycles. The number of hydrogen-bond acceptors (Lipinski definition) is 12. The van der Waals surface area contributed by atoms with Crippen molar-refractivity contribution in [1.29, 1.82) is 0 Å². The molecule has 0 aliphatic heterocycles. The number of nitrogens with one attached hydrogen (secondary N) is 6. The van der Waals surface area contributed by atoms with Crippen LogP contribution in [0.4, 0.5) is 0 Å². The number of unbranched alkanes of at least 4 members (excludes halogenated alkanes) is 2. The van der Waals surface area contributed by atoms with Gasteiger partial charge in [-0.15, -0.1) is 0 Å². The van der Waals surface area contributed by atoms with Gasteiger partial charge in [-0.3, -0.25) is 28.8 Å². The second-order valence-electron chi connectivity index (χ2n) is 11.0. The third kappa shape index (κ3) is 28.2. The van der Waals surface area contributed by atoms with Gasteiger partial charge in [-0.2, -0.15) is 0 Å². The Morgan fingerprint density at radius 1 is 0.571 bits per heavy atom. The SMILES string of the molecule is CNC(=O)COCCOCCNC(=O)COCCOCCNC(=O)CCCC(=O)N[C@@H](CCCCN)C(=O)NCCCC[C@H](NC)C(N)=O. The zero-order valence-corrected chi connectivity index (χ0v) is 29.2. The molecule has 0 unspecified atom stereocenters. The van der Waals surface area contributed by atoms with E-state index >= 15 is 0 Å². The van der Waals surface area contributed by atoms with E-state index in [1.165, 1.54) is 7.05 Å². The Bertz CT molecular complexity index is 944. The van der Waals surface area contributed by atoms with Crippen molar-refractivity contribution in [3.63, 3.8) is 0 Å². The van der Waals surface area contributed by atoms with Crippen LogP contribution in [0.5, 0.6) is 0 Å². The largest absolute Gasteiger partial charge is 0.377 e. The summed E-state index contributed by atoms with van der Waals surface area (Å²) >= 11 is 0. The van der Waals surface area contributed by atoms with Gasteiger partial charge >= 0.3 is 0 Å². The Morgan fingerprint density at radius 2 is 1.12 bits per heavy atom. The number of carbonyl (C=O) groups is 6. The second kappa shape index (κ2) is 31.8. The van der Waals surface area contributed by atoms with Crippen molar-refractivity contribution in [2.75, 3.05) is 93.1 Å². The number of amides is 6. The van der Waals surface area contributed by atoms with E-state index in [1.807, 2.05) is 0 Å². The van der Waals surface area contributed by atoms with E-state index in [9.17, 15) is 28.8 Å². The lowest BCUT2D eigenvalue weighted by atomic mass is 10.1. The van der Waals surface area contributed by atoms with E-state index in [0.29, 0.717) is 71.4 Å². The minimum absolute atomic E-state index is 0.0277. The zero-order chi connectivity index (χ0) is 36.5. The van der Waals surface area contributed by atoms with Gasteiger partial charge in [0.05, 0.1) is 45.7 Å². The standard InChI is InChI=1S/C31H60N8O10/c1-34-24(30(33)44)8-4-6-13-38-31(45)25(9-3-5-12-32)39-27(41)11-7-10-26(40)36-14-16-46-19-21-49-23-29(43)37-15-17-47-18-20-48-22-28(42)35-2/h24-25,34H,3-23,32H2,1-2H3,(H2,33,44)(H,35,42)(H,36,40)(H,37,43)(H,38,45)(H,39,41)/t24-,25-/m0/s1. The minimum atomic E-state index is -0.696. The lowest BCUT2D eigenvalue weighted by Gasteiger charge is -2.19. The van der Waals surface area contributed by atoms with Crippen molar-refractivity contribution in [2.24, 2.45) is 11.5 Å². The smallest absolute Gasteiger partial charge is 0.246 e. The van der Waals surface area contributed by atoms with Crippen molar-refractivity contribution in [2.45, 2.75) is 69.9 Å². The van der Waals surface area contributed by atoms with Gasteiger partial charge in [0.2, 0.25) is 35.4 Å². The van der Waals surface area contributed by atoms with Crippen LogP contribution < -0.4 is 43.4 Å². The summed E-state index contributed by atoms with van der Waals surface area (Å²) < 4.78 is 21.0. The molecular weight excluding hydrogens is 644 g/mol. The van der Waals surface area contributed by atoms with Crippen LogP contribution in [0.15, 0.2) is 0 Å². The van der Waals surface area contributed by atoms with E-state index in [4.69, 9.17) is 30.4 Å². The van der Waals surface area contributed by atoms with Crippen molar-refractivity contribution in [1.82, 2.24) is 31.9 Å². The minimum Gasteiger partial charge on any atom is -0.377 e. The van der Waals surface area contributed by atoms with Gasteiger partial charge in [-0.05, 0) is 58.5 Å². The number of primary amides is 1. The summed E-state index contributed by atoms with van der Waals surface area (Å²) in [5, 5.41) is 16.3. The van der Waals surface area contributed by atoms with Crippen LogP contribution in [0.25, 0.3) is 0 Å². The van der Waals surface area contributed by atoms with Gasteiger partial charge in [0.25, 0.3) is 0 Å². The summed E-state index contributed by atoms with van der Waals surface area (Å²) in [6.45, 7) is 2.92. The zero-order valence-electron chi connectivity index (χ0n) is 29.2. The quantitative estimate of drug-likeness (QED) is 0.0322. The van der Waals surface area contributed by atoms with Crippen molar-refractivity contribution in [3.05, 3.63) is 0 Å². The number of carbonyl (C=O) groups excluding carboxylic acids is 6. The highest BCUT2D eigenvalue weighted by Gasteiger charge is 2.20. The summed E-state index contributed by atoms with van der Waals surface area (Å²) in [5.74, 6) is -1.74. The third-order valence-electron chi connectivity index (χ3n) is 6.94. The maximum Gasteiger partial charge on any atom is 0.246 e. The van der Waals surface area contributed by atoms with Crippen LogP contribution >= 0.6 is 0 Å². The Kier molecular flexibility index (Phi) is 29.6. The van der Waals surface area contributed by atoms with Gasteiger partial charge in [0.1, 0.15) is 19.3 Å².